The lowest BCUT2D eigenvalue weighted by Gasteiger charge is -2.63. The minimum atomic E-state index is -0.542. The highest BCUT2D eigenvalue weighted by Crippen LogP contribution is 2.56. The normalized spacial score (nSPS) is 24.2. The van der Waals surface area contributed by atoms with Crippen LogP contribution in [-0.4, -0.2) is 30.4 Å². The summed E-state index contributed by atoms with van der Waals surface area (Å²) in [5.41, 5.74) is 0.376. The Labute approximate surface area is 173 Å². The molecule has 6 nitrogen and oxygen atoms in total. The maximum atomic E-state index is 12.3. The van der Waals surface area contributed by atoms with E-state index < -0.39 is 11.7 Å². The molecule has 1 saturated carbocycles. The van der Waals surface area contributed by atoms with E-state index in [1.54, 1.807) is 6.07 Å². The molecule has 3 rings (SSSR count). The molecule has 0 saturated heterocycles. The Morgan fingerprint density at radius 2 is 1.90 bits per heavy atom. The van der Waals surface area contributed by atoms with Gasteiger partial charge >= 0.3 is 6.09 Å². The number of ether oxygens (including phenoxy) is 3. The summed E-state index contributed by atoms with van der Waals surface area (Å²) in [6.07, 6.45) is 1.20. The molecular formula is C23H32N2O4. The molecule has 0 bridgehead atoms. The Kier molecular flexibility index (Phi) is 5.23. The van der Waals surface area contributed by atoms with Gasteiger partial charge < -0.3 is 19.5 Å². The number of hydrogen-bond donors (Lipinski definition) is 1. The van der Waals surface area contributed by atoms with Gasteiger partial charge in [0.1, 0.15) is 29.3 Å². The number of nitrogens with one attached hydrogen (secondary N) is 1. The van der Waals surface area contributed by atoms with Crippen molar-refractivity contribution in [1.29, 1.82) is 5.26 Å². The van der Waals surface area contributed by atoms with Crippen LogP contribution in [-0.2, 0) is 11.2 Å². The minimum absolute atomic E-state index is 0.0969. The summed E-state index contributed by atoms with van der Waals surface area (Å²) in [6.45, 7) is 14.6. The Bertz CT molecular complexity index is 830. The Morgan fingerprint density at radius 1 is 1.24 bits per heavy atom. The van der Waals surface area contributed by atoms with Gasteiger partial charge in [-0.3, -0.25) is 0 Å². The average Bonchev–Trinajstić information content (AvgIpc) is 2.62. The first kappa shape index (κ1) is 21.3. The number of nitriles is 1. The van der Waals surface area contributed by atoms with Crippen LogP contribution in [0.1, 0.15) is 66.0 Å². The number of benzene rings is 1. The third kappa shape index (κ3) is 3.88. The van der Waals surface area contributed by atoms with E-state index in [2.05, 4.69) is 39.1 Å². The first-order valence-electron chi connectivity index (χ1n) is 10.2. The van der Waals surface area contributed by atoms with Gasteiger partial charge in [0.25, 0.3) is 0 Å². The molecule has 6 heteroatoms. The highest BCUT2D eigenvalue weighted by molar-refractivity contribution is 5.69. The largest absolute Gasteiger partial charge is 0.492 e. The molecule has 1 amide bonds. The molecule has 1 heterocycles. The molecule has 158 valence electrons. The van der Waals surface area contributed by atoms with E-state index in [-0.39, 0.29) is 23.0 Å². The summed E-state index contributed by atoms with van der Waals surface area (Å²) in [7, 11) is 0. The van der Waals surface area contributed by atoms with Crippen LogP contribution in [0.4, 0.5) is 4.79 Å². The molecule has 0 unspecified atom stereocenters. The van der Waals surface area contributed by atoms with Crippen molar-refractivity contribution in [3.05, 3.63) is 23.3 Å². The number of fused-ring (bicyclic) bond motifs is 1. The van der Waals surface area contributed by atoms with Crippen LogP contribution in [0.3, 0.4) is 0 Å². The molecule has 1 N–H and O–H groups in total. The van der Waals surface area contributed by atoms with Crippen molar-refractivity contribution >= 4 is 6.09 Å². The molecule has 0 radical (unpaired) electrons. The van der Waals surface area contributed by atoms with Crippen molar-refractivity contribution in [3.63, 3.8) is 0 Å². The zero-order valence-corrected chi connectivity index (χ0v) is 18.5. The van der Waals surface area contributed by atoms with E-state index in [0.717, 1.165) is 24.2 Å². The molecule has 1 aliphatic heterocycles. The van der Waals surface area contributed by atoms with Gasteiger partial charge in [0, 0.05) is 22.4 Å². The summed E-state index contributed by atoms with van der Waals surface area (Å²) in [5.74, 6) is 1.41. The molecule has 0 atom stereocenters. The van der Waals surface area contributed by atoms with Crippen LogP contribution >= 0.6 is 0 Å². The second-order valence-corrected chi connectivity index (χ2v) is 10.2. The van der Waals surface area contributed by atoms with Gasteiger partial charge in [-0.25, -0.2) is 4.79 Å². The Morgan fingerprint density at radius 3 is 2.48 bits per heavy atom. The van der Waals surface area contributed by atoms with Crippen molar-refractivity contribution in [1.82, 2.24) is 5.32 Å². The van der Waals surface area contributed by atoms with Gasteiger partial charge in [-0.15, -0.1) is 0 Å². The predicted molar refractivity (Wildman–Crippen MR) is 110 cm³/mol. The van der Waals surface area contributed by atoms with Gasteiger partial charge in [0.15, 0.2) is 0 Å². The van der Waals surface area contributed by atoms with Crippen molar-refractivity contribution in [3.8, 4) is 17.6 Å². The van der Waals surface area contributed by atoms with E-state index >= 15 is 0 Å². The lowest BCUT2D eigenvalue weighted by atomic mass is 9.49. The average molecular weight is 401 g/mol. The summed E-state index contributed by atoms with van der Waals surface area (Å²) in [5, 5.41) is 12.4. The van der Waals surface area contributed by atoms with E-state index in [0.29, 0.717) is 17.9 Å². The molecule has 1 aliphatic carbocycles. The highest BCUT2D eigenvalue weighted by atomic mass is 16.6. The summed E-state index contributed by atoms with van der Waals surface area (Å²) < 4.78 is 17.7. The van der Waals surface area contributed by atoms with Crippen LogP contribution in [0.25, 0.3) is 0 Å². The molecule has 1 aromatic rings. The second kappa shape index (κ2) is 7.12. The molecule has 2 aliphatic rings. The lowest BCUT2D eigenvalue weighted by Crippen LogP contribution is -2.75. The fourth-order valence-corrected chi connectivity index (χ4v) is 4.99. The van der Waals surface area contributed by atoms with Crippen LogP contribution < -0.4 is 14.8 Å². The zero-order valence-electron chi connectivity index (χ0n) is 18.5. The number of hydrogen-bond acceptors (Lipinski definition) is 5. The first-order chi connectivity index (χ1) is 13.4. The number of carbonyl (C=O) groups excluding carboxylic acids is 1. The third-order valence-corrected chi connectivity index (χ3v) is 5.90. The fourth-order valence-electron chi connectivity index (χ4n) is 4.99. The summed E-state index contributed by atoms with van der Waals surface area (Å²) in [6, 6.07) is 5.73. The molecule has 1 fully saturated rings. The Hall–Kier alpha value is -2.42. The zero-order chi connectivity index (χ0) is 21.6. The number of carbonyl (C=O) groups is 1. The van der Waals surface area contributed by atoms with E-state index in [9.17, 15) is 10.1 Å². The molecule has 0 spiro atoms. The van der Waals surface area contributed by atoms with Gasteiger partial charge in [-0.2, -0.15) is 5.26 Å². The third-order valence-electron chi connectivity index (χ3n) is 5.90. The van der Waals surface area contributed by atoms with Crippen molar-refractivity contribution in [2.75, 3.05) is 6.61 Å². The minimum Gasteiger partial charge on any atom is -0.492 e. The molecular weight excluding hydrogens is 368 g/mol. The smallest absolute Gasteiger partial charge is 0.407 e. The van der Waals surface area contributed by atoms with Crippen LogP contribution in [0.2, 0.25) is 0 Å². The Balaban J connectivity index is 1.81. The molecule has 1 aromatic carbocycles. The monoisotopic (exact) mass is 400 g/mol. The topological polar surface area (TPSA) is 80.6 Å². The molecule has 0 aromatic heterocycles. The van der Waals surface area contributed by atoms with Crippen LogP contribution in [0.5, 0.6) is 11.5 Å². The highest BCUT2D eigenvalue weighted by Gasteiger charge is 2.64. The van der Waals surface area contributed by atoms with Crippen molar-refractivity contribution < 1.29 is 19.0 Å². The number of alkyl carbamates (subject to hydrolysis) is 1. The lowest BCUT2D eigenvalue weighted by molar-refractivity contribution is -0.166. The van der Waals surface area contributed by atoms with E-state index in [1.807, 2.05) is 26.8 Å². The van der Waals surface area contributed by atoms with Crippen molar-refractivity contribution in [2.24, 2.45) is 10.8 Å². The number of rotatable bonds is 3. The van der Waals surface area contributed by atoms with Gasteiger partial charge in [-0.05, 0) is 45.7 Å². The van der Waals surface area contributed by atoms with Gasteiger partial charge in [0.05, 0.1) is 12.2 Å². The van der Waals surface area contributed by atoms with Crippen molar-refractivity contribution in [2.45, 2.75) is 79.1 Å². The van der Waals surface area contributed by atoms with Gasteiger partial charge in [0.2, 0.25) is 0 Å². The first-order valence-corrected chi connectivity index (χ1v) is 10.2. The second-order valence-electron chi connectivity index (χ2n) is 10.2. The van der Waals surface area contributed by atoms with E-state index in [1.165, 1.54) is 0 Å². The number of nitrogens with zero attached hydrogens (tertiary/aromatic N) is 1. The summed E-state index contributed by atoms with van der Waals surface area (Å²) >= 11 is 0. The van der Waals surface area contributed by atoms with Crippen LogP contribution in [0, 0.1) is 22.2 Å². The van der Waals surface area contributed by atoms with Crippen LogP contribution in [0.15, 0.2) is 12.1 Å². The quantitative estimate of drug-likeness (QED) is 0.803. The SMILES string of the molecule is CC(C)(C)OC(=O)NC1C(C)(C)C(Oc2ccc(C#N)c3c2CCCO3)C1(C)C. The fraction of sp³-hybridized carbons (Fsp3) is 0.652. The van der Waals surface area contributed by atoms with E-state index in [4.69, 9.17) is 14.2 Å². The summed E-state index contributed by atoms with van der Waals surface area (Å²) in [4.78, 5) is 12.3. The molecule has 29 heavy (non-hydrogen) atoms. The maximum Gasteiger partial charge on any atom is 0.407 e. The maximum absolute atomic E-state index is 12.3. The van der Waals surface area contributed by atoms with Gasteiger partial charge in [-0.1, -0.05) is 27.7 Å². The predicted octanol–water partition coefficient (Wildman–Crippen LogP) is 4.59. The number of amides is 1. The standard InChI is InChI=1S/C23H32N2O4/c1-21(2,3)29-20(26)25-18-22(4,5)19(23(18,6)7)28-16-11-10-14(13-24)17-15(16)9-8-12-27-17/h10-11,18-19H,8-9,12H2,1-7H3,(H,25,26).